The van der Waals surface area contributed by atoms with Gasteiger partial charge in [0.05, 0.1) is 34.5 Å². The molecule has 0 amide bonds. The summed E-state index contributed by atoms with van der Waals surface area (Å²) >= 11 is 0. The van der Waals surface area contributed by atoms with E-state index >= 15 is 0 Å². The van der Waals surface area contributed by atoms with Gasteiger partial charge in [-0.1, -0.05) is 0 Å². The summed E-state index contributed by atoms with van der Waals surface area (Å²) in [5, 5.41) is 255. The summed E-state index contributed by atoms with van der Waals surface area (Å²) in [6, 6.07) is -1.44. The third-order valence-corrected chi connectivity index (χ3v) is 13.5. The Bertz CT molecular complexity index is 3970. The molecule has 0 saturated carbocycles. The van der Waals surface area contributed by atoms with E-state index in [4.69, 9.17) is 12.3 Å². The highest BCUT2D eigenvalue weighted by atomic mass is 16.4. The number of furan rings is 1. The summed E-state index contributed by atoms with van der Waals surface area (Å²) in [5.41, 5.74) is -10.8. The van der Waals surface area contributed by atoms with Crippen LogP contribution in [-0.2, 0) is 0 Å². The standard InChI is InChI=1S/C46H29BN4O24/c1-3-19(52)12(26(59)33(66)20(3)53)44-48-45(50-46(49-44)14-28(61)36(69)40(73)37(70)29(14)62)13-21(54)11(25(58)34(67)27(13)60)8-6-5-2-4-7-17(32(65)39(72)35(68)22(7)55)51-16(4)10(9-18(51)30(63)15(47)31(64)24(9)57)42(5)75-43(6)41(74)38(71)23(8)56/h2,10,16,52-74H,1H3. The molecule has 0 bridgehead atoms. The van der Waals surface area contributed by atoms with Crippen LogP contribution in [0.1, 0.15) is 33.9 Å². The minimum Gasteiger partial charge on any atom is -0.507 e. The number of nitrogens with zero attached hydrogens (tertiary/aromatic N) is 4. The van der Waals surface area contributed by atoms with Gasteiger partial charge in [-0.3, -0.25) is 0 Å². The van der Waals surface area contributed by atoms with Crippen LogP contribution in [0.2, 0.25) is 0 Å². The molecule has 75 heavy (non-hydrogen) atoms. The zero-order valence-corrected chi connectivity index (χ0v) is 36.8. The third kappa shape index (κ3) is 5.34. The molecule has 4 heterocycles. The maximum Gasteiger partial charge on any atom is 0.208 e. The van der Waals surface area contributed by atoms with Gasteiger partial charge < -0.3 is 127 Å². The van der Waals surface area contributed by atoms with Crippen LogP contribution < -0.4 is 10.4 Å². The minimum absolute atomic E-state index is 0.216. The summed E-state index contributed by atoms with van der Waals surface area (Å²) < 4.78 is 6.14. The van der Waals surface area contributed by atoms with E-state index in [1.165, 1.54) is 0 Å². The van der Waals surface area contributed by atoms with Gasteiger partial charge >= 0.3 is 0 Å². The molecule has 23 N–H and O–H groups in total. The number of rotatable bonds is 4. The van der Waals surface area contributed by atoms with E-state index in [-0.39, 0.29) is 5.57 Å². The lowest BCUT2D eigenvalue weighted by Gasteiger charge is -2.26. The Kier molecular flexibility index (Phi) is 8.94. The van der Waals surface area contributed by atoms with Gasteiger partial charge in [-0.25, -0.2) is 15.0 Å². The monoisotopic (exact) mass is 1030 g/mol. The van der Waals surface area contributed by atoms with Crippen molar-refractivity contribution in [2.75, 3.05) is 4.90 Å². The fourth-order valence-electron chi connectivity index (χ4n) is 9.96. The second-order valence-electron chi connectivity index (χ2n) is 17.2. The van der Waals surface area contributed by atoms with E-state index in [0.717, 1.165) is 17.9 Å². The quantitative estimate of drug-likeness (QED) is 0.0684. The topological polar surface area (TPSA) is 520 Å². The van der Waals surface area contributed by atoms with Gasteiger partial charge in [-0.2, -0.15) is 0 Å². The van der Waals surface area contributed by atoms with E-state index in [0.29, 0.717) is 0 Å². The Morgan fingerprint density at radius 3 is 1.36 bits per heavy atom. The fraction of sp³-hybridized carbons (Fsp3) is 0.0652. The number of aromatic nitrogens is 3. The van der Waals surface area contributed by atoms with Crippen molar-refractivity contribution < 1.29 is 122 Å². The average molecular weight is 1030 g/mol. The largest absolute Gasteiger partial charge is 0.507 e. The maximum absolute atomic E-state index is 12.4. The Labute approximate surface area is 412 Å². The first-order valence-corrected chi connectivity index (χ1v) is 20.9. The first kappa shape index (κ1) is 46.3. The van der Waals surface area contributed by atoms with Gasteiger partial charge in [0.1, 0.15) is 47.5 Å². The Balaban J connectivity index is 1.27. The Morgan fingerprint density at radius 1 is 0.400 bits per heavy atom. The van der Waals surface area contributed by atoms with Gasteiger partial charge in [0, 0.05) is 27.6 Å². The molecule has 6 aromatic carbocycles. The van der Waals surface area contributed by atoms with Crippen LogP contribution in [-0.4, -0.2) is 146 Å². The summed E-state index contributed by atoms with van der Waals surface area (Å²) in [7, 11) is 5.95. The van der Waals surface area contributed by atoms with Gasteiger partial charge in [-0.05, 0) is 24.0 Å². The molecule has 0 fully saturated rings. The van der Waals surface area contributed by atoms with Crippen molar-refractivity contribution in [3.05, 3.63) is 28.0 Å². The highest BCUT2D eigenvalue weighted by Crippen LogP contribution is 2.72. The number of benzene rings is 6. The van der Waals surface area contributed by atoms with Crippen molar-refractivity contribution in [2.24, 2.45) is 0 Å². The number of hydrogen-bond donors (Lipinski definition) is 23. The van der Waals surface area contributed by atoms with E-state index in [1.807, 2.05) is 0 Å². The smallest absolute Gasteiger partial charge is 0.208 e. The van der Waals surface area contributed by atoms with E-state index in [9.17, 15) is 117 Å². The zero-order valence-electron chi connectivity index (χ0n) is 36.8. The van der Waals surface area contributed by atoms with E-state index in [2.05, 4.69) is 15.0 Å². The molecule has 2 radical (unpaired) electrons. The normalized spacial score (nSPS) is 15.0. The molecular formula is C46H29BN4O24. The molecule has 8 aromatic rings. The van der Waals surface area contributed by atoms with Crippen molar-refractivity contribution in [2.45, 2.75) is 18.9 Å². The van der Waals surface area contributed by atoms with E-state index < -0.39 is 245 Å². The number of anilines is 2. The van der Waals surface area contributed by atoms with Crippen LogP contribution in [0.3, 0.4) is 0 Å². The summed E-state index contributed by atoms with van der Waals surface area (Å²) in [6.45, 7) is 1.01. The first-order chi connectivity index (χ1) is 35.2. The van der Waals surface area contributed by atoms with Crippen LogP contribution in [0, 0.1) is 6.92 Å². The molecule has 2 atom stereocenters. The maximum atomic E-state index is 12.4. The lowest BCUT2D eigenvalue weighted by molar-refractivity contribution is 0.329. The lowest BCUT2D eigenvalue weighted by atomic mass is 9.78. The molecule has 380 valence electrons. The van der Waals surface area contributed by atoms with Gasteiger partial charge in [0.15, 0.2) is 86.3 Å². The minimum atomic E-state index is -1.65. The second-order valence-corrected chi connectivity index (χ2v) is 17.2. The van der Waals surface area contributed by atoms with Gasteiger partial charge in [0.25, 0.3) is 0 Å². The number of phenols is 23. The molecule has 0 spiro atoms. The first-order valence-electron chi connectivity index (χ1n) is 20.9. The Hall–Kier alpha value is -11.1. The average Bonchev–Trinajstić information content (AvgIpc) is 4.15. The van der Waals surface area contributed by atoms with Crippen molar-refractivity contribution in [3.8, 4) is 178 Å². The summed E-state index contributed by atoms with van der Waals surface area (Å²) in [6.07, 6.45) is 1.08. The fourth-order valence-corrected chi connectivity index (χ4v) is 9.96. The molecule has 2 aliphatic heterocycles. The van der Waals surface area contributed by atoms with Crippen LogP contribution in [0.5, 0.6) is 132 Å². The van der Waals surface area contributed by atoms with E-state index in [1.54, 1.807) is 0 Å². The number of aromatic hydroxyl groups is 23. The second kappa shape index (κ2) is 14.5. The molecule has 11 rings (SSSR count). The van der Waals surface area contributed by atoms with Crippen LogP contribution in [0.15, 0.2) is 4.42 Å². The molecule has 3 aliphatic rings. The van der Waals surface area contributed by atoms with Crippen molar-refractivity contribution in [1.82, 2.24) is 15.0 Å². The van der Waals surface area contributed by atoms with Crippen molar-refractivity contribution >= 4 is 47.3 Å². The summed E-state index contributed by atoms with van der Waals surface area (Å²) in [4.78, 5) is 12.9. The highest BCUT2D eigenvalue weighted by Gasteiger charge is 2.58. The molecule has 0 saturated heterocycles. The SMILES string of the molecule is [B]c1c(O)c(O)c2c(c1O)N1c3c(O)c(O)c(O)c(O)c3C3=Cc4c(oc5c(O)c(O)c(O)c(-c6c(O)c(O)c(O)c(-c7nc(-c8c(O)c(C)c(O)c(O)c8O)nc(-c8c(O)c(O)c(O)c(O)c8O)n7)c6O)c45)C2C31. The molecule has 29 heteroatoms. The number of phenolic OH excluding ortho intramolecular Hbond substituents is 23. The third-order valence-electron chi connectivity index (χ3n) is 13.5. The van der Waals surface area contributed by atoms with Crippen molar-refractivity contribution in [3.63, 3.8) is 0 Å². The molecule has 1 aliphatic carbocycles. The molecular weight excluding hydrogens is 1000 g/mol. The highest BCUT2D eigenvalue weighted by molar-refractivity contribution is 6.37. The molecule has 28 nitrogen and oxygen atoms in total. The lowest BCUT2D eigenvalue weighted by Crippen LogP contribution is -2.28. The number of hydrogen-bond acceptors (Lipinski definition) is 28. The molecule has 2 aromatic heterocycles. The van der Waals surface area contributed by atoms with Gasteiger partial charge in [-0.15, -0.1) is 0 Å². The number of fused-ring (bicyclic) bond motifs is 10. The Morgan fingerprint density at radius 2 is 0.813 bits per heavy atom. The van der Waals surface area contributed by atoms with Gasteiger partial charge in [0.2, 0.25) is 51.7 Å². The molecule has 2 unspecified atom stereocenters. The van der Waals surface area contributed by atoms with Crippen LogP contribution >= 0.6 is 0 Å². The van der Waals surface area contributed by atoms with Crippen LogP contribution in [0.4, 0.5) is 11.4 Å². The van der Waals surface area contributed by atoms with Crippen LogP contribution in [0.25, 0.3) is 67.9 Å². The predicted molar refractivity (Wildman–Crippen MR) is 248 cm³/mol. The zero-order chi connectivity index (χ0) is 54.5. The van der Waals surface area contributed by atoms with Crippen molar-refractivity contribution in [1.29, 1.82) is 0 Å². The predicted octanol–water partition coefficient (Wildman–Crippen LogP) is 3.14. The summed E-state index contributed by atoms with van der Waals surface area (Å²) in [5.74, 6) is -36.6.